The molecule has 1 heterocycles. The molecule has 0 aliphatic carbocycles. The molecule has 0 atom stereocenters. The van der Waals surface area contributed by atoms with Crippen LogP contribution in [-0.2, 0) is 0 Å². The number of aryl methyl sites for hydroxylation is 3. The Morgan fingerprint density at radius 2 is 1.65 bits per heavy atom. The van der Waals surface area contributed by atoms with Gasteiger partial charge in [0, 0.05) is 40.5 Å². The lowest BCUT2D eigenvalue weighted by Crippen LogP contribution is -2.23. The average Bonchev–Trinajstić information content (AvgIpc) is 2.87. The molecule has 1 aromatic heterocycles. The van der Waals surface area contributed by atoms with E-state index in [0.29, 0.717) is 45.5 Å². The molecule has 4 aromatic rings. The fourth-order valence-electron chi connectivity index (χ4n) is 4.42. The van der Waals surface area contributed by atoms with Gasteiger partial charge in [0.05, 0.1) is 16.9 Å². The van der Waals surface area contributed by atoms with E-state index in [1.165, 1.54) is 18.2 Å². The number of fused-ring (bicyclic) bond motifs is 1. The molecule has 0 saturated carbocycles. The zero-order chi connectivity index (χ0) is 26.9. The number of anilines is 2. The SMILES string of the molecule is C=CC(=O)c1ccc(Nc2c(C)cc(F)cc2C)c(-n2cc(C)c(=O)c3cc(C(=O)NCC)ccc32)c1. The molecule has 1 amide bonds. The van der Waals surface area contributed by atoms with Crippen LogP contribution in [0.5, 0.6) is 0 Å². The molecule has 2 N–H and O–H groups in total. The van der Waals surface area contributed by atoms with Crippen molar-refractivity contribution in [1.82, 2.24) is 9.88 Å². The van der Waals surface area contributed by atoms with E-state index in [-0.39, 0.29) is 22.9 Å². The molecule has 7 heteroatoms. The molecule has 0 aliphatic rings. The van der Waals surface area contributed by atoms with E-state index < -0.39 is 0 Å². The van der Waals surface area contributed by atoms with Crippen molar-refractivity contribution < 1.29 is 14.0 Å². The minimum absolute atomic E-state index is 0.185. The maximum absolute atomic E-state index is 13.9. The number of rotatable bonds is 7. The zero-order valence-electron chi connectivity index (χ0n) is 21.2. The van der Waals surface area contributed by atoms with E-state index in [2.05, 4.69) is 17.2 Å². The number of aromatic nitrogens is 1. The zero-order valence-corrected chi connectivity index (χ0v) is 21.2. The third kappa shape index (κ3) is 4.93. The first-order valence-electron chi connectivity index (χ1n) is 11.9. The van der Waals surface area contributed by atoms with Gasteiger partial charge in [-0.1, -0.05) is 6.58 Å². The summed E-state index contributed by atoms with van der Waals surface area (Å²) in [6, 6.07) is 13.1. The molecule has 0 spiro atoms. The second-order valence-corrected chi connectivity index (χ2v) is 8.94. The lowest BCUT2D eigenvalue weighted by atomic mass is 10.0. The molecule has 0 fully saturated rings. The highest BCUT2D eigenvalue weighted by molar-refractivity contribution is 6.05. The lowest BCUT2D eigenvalue weighted by molar-refractivity contribution is 0.0955. The summed E-state index contributed by atoms with van der Waals surface area (Å²) in [5.41, 5.74) is 5.11. The molecule has 0 unspecified atom stereocenters. The fourth-order valence-corrected chi connectivity index (χ4v) is 4.42. The van der Waals surface area contributed by atoms with Gasteiger partial charge in [-0.15, -0.1) is 0 Å². The summed E-state index contributed by atoms with van der Waals surface area (Å²) < 4.78 is 15.8. The number of nitrogens with one attached hydrogen (secondary N) is 2. The molecule has 0 saturated heterocycles. The highest BCUT2D eigenvalue weighted by Gasteiger charge is 2.17. The second kappa shape index (κ2) is 10.2. The molecule has 188 valence electrons. The standard InChI is InChI=1S/C30H28FN3O3/c1-6-27(35)20-8-10-24(33-28-17(3)12-22(31)13-18(28)4)26(15-20)34-16-19(5)29(36)23-14-21(9-11-25(23)34)30(37)32-7-2/h6,8-16,33H,1,7H2,2-5H3,(H,32,37). The number of allylic oxidation sites excluding steroid dienone is 1. The van der Waals surface area contributed by atoms with E-state index >= 15 is 0 Å². The molecule has 6 nitrogen and oxygen atoms in total. The largest absolute Gasteiger partial charge is 0.353 e. The molecule has 37 heavy (non-hydrogen) atoms. The first kappa shape index (κ1) is 25.6. The number of carbonyl (C=O) groups is 2. The van der Waals surface area contributed by atoms with E-state index in [1.54, 1.807) is 49.5 Å². The van der Waals surface area contributed by atoms with Gasteiger partial charge in [0.2, 0.25) is 0 Å². The monoisotopic (exact) mass is 497 g/mol. The van der Waals surface area contributed by atoms with Crippen LogP contribution in [0, 0.1) is 26.6 Å². The molecule has 0 radical (unpaired) electrons. The van der Waals surface area contributed by atoms with Crippen LogP contribution in [0.25, 0.3) is 16.6 Å². The van der Waals surface area contributed by atoms with Crippen LogP contribution in [0.3, 0.4) is 0 Å². The van der Waals surface area contributed by atoms with Crippen LogP contribution in [0.1, 0.15) is 44.3 Å². The number of pyridine rings is 1. The normalized spacial score (nSPS) is 10.8. The highest BCUT2D eigenvalue weighted by atomic mass is 19.1. The van der Waals surface area contributed by atoms with Crippen molar-refractivity contribution in [2.75, 3.05) is 11.9 Å². The van der Waals surface area contributed by atoms with E-state index in [0.717, 1.165) is 16.8 Å². The fraction of sp³-hybridized carbons (Fsp3) is 0.167. The smallest absolute Gasteiger partial charge is 0.251 e. The quantitative estimate of drug-likeness (QED) is 0.245. The van der Waals surface area contributed by atoms with Crippen molar-refractivity contribution in [3.05, 3.63) is 111 Å². The molecule has 0 aliphatic heterocycles. The Kier molecular flexibility index (Phi) is 7.07. The van der Waals surface area contributed by atoms with Crippen molar-refractivity contribution in [1.29, 1.82) is 0 Å². The average molecular weight is 498 g/mol. The predicted octanol–water partition coefficient (Wildman–Crippen LogP) is 5.92. The van der Waals surface area contributed by atoms with Gasteiger partial charge < -0.3 is 15.2 Å². The number of amides is 1. The predicted molar refractivity (Wildman–Crippen MR) is 146 cm³/mol. The molecule has 0 bridgehead atoms. The maximum Gasteiger partial charge on any atom is 0.251 e. The van der Waals surface area contributed by atoms with Crippen LogP contribution in [0.4, 0.5) is 15.8 Å². The summed E-state index contributed by atoms with van der Waals surface area (Å²) >= 11 is 0. The van der Waals surface area contributed by atoms with Crippen molar-refractivity contribution in [2.45, 2.75) is 27.7 Å². The first-order valence-corrected chi connectivity index (χ1v) is 11.9. The molecular weight excluding hydrogens is 469 g/mol. The topological polar surface area (TPSA) is 80.2 Å². The summed E-state index contributed by atoms with van der Waals surface area (Å²) in [5.74, 6) is -0.833. The van der Waals surface area contributed by atoms with E-state index in [1.807, 2.05) is 25.3 Å². The van der Waals surface area contributed by atoms with Crippen molar-refractivity contribution in [3.8, 4) is 5.69 Å². The number of halogens is 1. The Bertz CT molecular complexity index is 1610. The van der Waals surface area contributed by atoms with Crippen LogP contribution >= 0.6 is 0 Å². The van der Waals surface area contributed by atoms with E-state index in [4.69, 9.17) is 0 Å². The number of carbonyl (C=O) groups excluding carboxylic acids is 2. The number of ketones is 1. The Morgan fingerprint density at radius 1 is 0.973 bits per heavy atom. The Balaban J connectivity index is 1.99. The van der Waals surface area contributed by atoms with Crippen LogP contribution < -0.4 is 16.1 Å². The summed E-state index contributed by atoms with van der Waals surface area (Å²) in [5, 5.41) is 6.53. The molecule has 3 aromatic carbocycles. The van der Waals surface area contributed by atoms with Crippen molar-refractivity contribution in [2.24, 2.45) is 0 Å². The summed E-state index contributed by atoms with van der Waals surface area (Å²) in [4.78, 5) is 38.0. The van der Waals surface area contributed by atoms with Crippen LogP contribution in [-0.4, -0.2) is 22.8 Å². The summed E-state index contributed by atoms with van der Waals surface area (Å²) in [7, 11) is 0. The third-order valence-electron chi connectivity index (χ3n) is 6.27. The highest BCUT2D eigenvalue weighted by Crippen LogP contribution is 2.32. The third-order valence-corrected chi connectivity index (χ3v) is 6.27. The van der Waals surface area contributed by atoms with Gasteiger partial charge in [0.15, 0.2) is 11.2 Å². The number of hydrogen-bond donors (Lipinski definition) is 2. The van der Waals surface area contributed by atoms with Crippen LogP contribution in [0.2, 0.25) is 0 Å². The molecular formula is C30H28FN3O3. The number of nitrogens with zero attached hydrogens (tertiary/aromatic N) is 1. The van der Waals surface area contributed by atoms with Gasteiger partial charge >= 0.3 is 0 Å². The Labute approximate surface area is 214 Å². The lowest BCUT2D eigenvalue weighted by Gasteiger charge is -2.20. The summed E-state index contributed by atoms with van der Waals surface area (Å²) in [6.07, 6.45) is 2.96. The number of hydrogen-bond acceptors (Lipinski definition) is 4. The minimum Gasteiger partial charge on any atom is -0.353 e. The van der Waals surface area contributed by atoms with Gasteiger partial charge in [-0.3, -0.25) is 14.4 Å². The van der Waals surface area contributed by atoms with Gasteiger partial charge in [0.25, 0.3) is 5.91 Å². The Hall–Kier alpha value is -4.52. The Morgan fingerprint density at radius 3 is 2.30 bits per heavy atom. The minimum atomic E-state index is -0.322. The van der Waals surface area contributed by atoms with Gasteiger partial charge in [-0.2, -0.15) is 0 Å². The van der Waals surface area contributed by atoms with Gasteiger partial charge in [0.1, 0.15) is 5.82 Å². The second-order valence-electron chi connectivity index (χ2n) is 8.94. The van der Waals surface area contributed by atoms with Gasteiger partial charge in [-0.05, 0) is 93.4 Å². The number of benzene rings is 3. The van der Waals surface area contributed by atoms with Crippen LogP contribution in [0.15, 0.2) is 72.2 Å². The first-order chi connectivity index (χ1) is 17.6. The van der Waals surface area contributed by atoms with E-state index in [9.17, 15) is 18.8 Å². The maximum atomic E-state index is 13.9. The van der Waals surface area contributed by atoms with Gasteiger partial charge in [-0.25, -0.2) is 4.39 Å². The van der Waals surface area contributed by atoms with Crippen molar-refractivity contribution >= 4 is 34.0 Å². The van der Waals surface area contributed by atoms with Crippen molar-refractivity contribution in [3.63, 3.8) is 0 Å². The summed E-state index contributed by atoms with van der Waals surface area (Å²) in [6.45, 7) is 11.2. The molecule has 4 rings (SSSR count).